The van der Waals surface area contributed by atoms with Crippen LogP contribution in [0.15, 0.2) is 82.8 Å². The van der Waals surface area contributed by atoms with Crippen molar-refractivity contribution in [2.75, 3.05) is 5.73 Å². The van der Waals surface area contributed by atoms with Crippen molar-refractivity contribution >= 4 is 17.4 Å². The van der Waals surface area contributed by atoms with Crippen LogP contribution in [0.1, 0.15) is 0 Å². The van der Waals surface area contributed by atoms with E-state index in [2.05, 4.69) is 4.98 Å². The first kappa shape index (κ1) is 13.5. The third-order valence-corrected chi connectivity index (χ3v) is 3.84. The molecule has 104 valence electrons. The minimum atomic E-state index is 0.728. The number of benzene rings is 2. The fraction of sp³-hybridized carbons (Fsp3) is 0. The smallest absolute Gasteiger partial charge is 0.127 e. The van der Waals surface area contributed by atoms with E-state index >= 15 is 0 Å². The molecule has 0 amide bonds. The van der Waals surface area contributed by atoms with Gasteiger partial charge >= 0.3 is 0 Å². The van der Waals surface area contributed by atoms with Gasteiger partial charge in [0, 0.05) is 27.9 Å². The van der Waals surface area contributed by atoms with Gasteiger partial charge in [0.05, 0.1) is 0 Å². The molecule has 3 aromatic rings. The molecule has 0 spiro atoms. The van der Waals surface area contributed by atoms with Gasteiger partial charge in [-0.2, -0.15) is 0 Å². The zero-order chi connectivity index (χ0) is 14.5. The van der Waals surface area contributed by atoms with Crippen molar-refractivity contribution in [1.29, 1.82) is 0 Å². The third-order valence-electron chi connectivity index (χ3n) is 2.82. The van der Waals surface area contributed by atoms with E-state index in [0.717, 1.165) is 27.0 Å². The van der Waals surface area contributed by atoms with Gasteiger partial charge in [0.25, 0.3) is 0 Å². The SMILES string of the molecule is Nc1ccc(Oc2ccc(Sc3ccncc3)cc2)cc1. The Hall–Kier alpha value is -2.46. The number of pyridine rings is 1. The van der Waals surface area contributed by atoms with E-state index in [9.17, 15) is 0 Å². The molecule has 21 heavy (non-hydrogen) atoms. The summed E-state index contributed by atoms with van der Waals surface area (Å²) in [6.45, 7) is 0. The van der Waals surface area contributed by atoms with Crippen LogP contribution >= 0.6 is 11.8 Å². The van der Waals surface area contributed by atoms with E-state index in [0.29, 0.717) is 0 Å². The van der Waals surface area contributed by atoms with Gasteiger partial charge in [0.1, 0.15) is 11.5 Å². The lowest BCUT2D eigenvalue weighted by molar-refractivity contribution is 0.482. The molecule has 0 atom stereocenters. The number of ether oxygens (including phenoxy) is 1. The molecule has 0 unspecified atom stereocenters. The highest BCUT2D eigenvalue weighted by molar-refractivity contribution is 7.99. The van der Waals surface area contributed by atoms with Crippen LogP contribution in [0.3, 0.4) is 0 Å². The average Bonchev–Trinajstić information content (AvgIpc) is 2.53. The molecule has 0 saturated carbocycles. The Morgan fingerprint density at radius 3 is 1.86 bits per heavy atom. The van der Waals surface area contributed by atoms with Crippen molar-refractivity contribution in [3.8, 4) is 11.5 Å². The highest BCUT2D eigenvalue weighted by Crippen LogP contribution is 2.29. The second-order valence-corrected chi connectivity index (χ2v) is 5.57. The van der Waals surface area contributed by atoms with Crippen LogP contribution in [0.4, 0.5) is 5.69 Å². The van der Waals surface area contributed by atoms with Crippen LogP contribution in [0.5, 0.6) is 11.5 Å². The number of aromatic nitrogens is 1. The van der Waals surface area contributed by atoms with Crippen molar-refractivity contribution in [2.24, 2.45) is 0 Å². The zero-order valence-corrected chi connectivity index (χ0v) is 12.1. The summed E-state index contributed by atoms with van der Waals surface area (Å²) in [6.07, 6.45) is 3.59. The van der Waals surface area contributed by atoms with E-state index in [1.165, 1.54) is 0 Å². The molecule has 1 heterocycles. The van der Waals surface area contributed by atoms with Crippen LogP contribution in [-0.2, 0) is 0 Å². The van der Waals surface area contributed by atoms with Crippen molar-refractivity contribution < 1.29 is 4.74 Å². The Balaban J connectivity index is 1.68. The predicted molar refractivity (Wildman–Crippen MR) is 85.7 cm³/mol. The molecule has 3 nitrogen and oxygen atoms in total. The summed E-state index contributed by atoms with van der Waals surface area (Å²) in [7, 11) is 0. The maximum Gasteiger partial charge on any atom is 0.127 e. The number of nitrogens with zero attached hydrogens (tertiary/aromatic N) is 1. The van der Waals surface area contributed by atoms with Crippen LogP contribution in [0.2, 0.25) is 0 Å². The van der Waals surface area contributed by atoms with Gasteiger partial charge in [0.2, 0.25) is 0 Å². The number of hydrogen-bond donors (Lipinski definition) is 1. The molecule has 0 bridgehead atoms. The molecule has 4 heteroatoms. The third kappa shape index (κ3) is 3.77. The summed E-state index contributed by atoms with van der Waals surface area (Å²) in [6, 6.07) is 19.3. The highest BCUT2D eigenvalue weighted by atomic mass is 32.2. The molecule has 0 radical (unpaired) electrons. The first-order valence-corrected chi connectivity index (χ1v) is 7.32. The van der Waals surface area contributed by atoms with Crippen LogP contribution in [0.25, 0.3) is 0 Å². The van der Waals surface area contributed by atoms with Crippen molar-refractivity contribution in [3.63, 3.8) is 0 Å². The molecule has 2 aromatic carbocycles. The van der Waals surface area contributed by atoms with Crippen molar-refractivity contribution in [1.82, 2.24) is 4.98 Å². The maximum absolute atomic E-state index is 5.76. The monoisotopic (exact) mass is 294 g/mol. The summed E-state index contributed by atoms with van der Waals surface area (Å²) in [5.41, 5.74) is 6.38. The van der Waals surface area contributed by atoms with Gasteiger partial charge in [-0.3, -0.25) is 4.98 Å². The predicted octanol–water partition coefficient (Wildman–Crippen LogP) is 4.61. The number of anilines is 1. The summed E-state index contributed by atoms with van der Waals surface area (Å²) < 4.78 is 5.76. The molecular formula is C17H14N2OS. The van der Waals surface area contributed by atoms with Gasteiger partial charge in [-0.1, -0.05) is 11.8 Å². The van der Waals surface area contributed by atoms with Gasteiger partial charge in [-0.15, -0.1) is 0 Å². The average molecular weight is 294 g/mol. The fourth-order valence-electron chi connectivity index (χ4n) is 1.79. The first-order chi connectivity index (χ1) is 10.3. The van der Waals surface area contributed by atoms with Gasteiger partial charge in [-0.05, 0) is 60.7 Å². The van der Waals surface area contributed by atoms with Crippen LogP contribution in [0, 0.1) is 0 Å². The van der Waals surface area contributed by atoms with E-state index in [1.807, 2.05) is 60.7 Å². The quantitative estimate of drug-likeness (QED) is 0.714. The van der Waals surface area contributed by atoms with Gasteiger partial charge in [0.15, 0.2) is 0 Å². The number of nitrogens with two attached hydrogens (primary N) is 1. The van der Waals surface area contributed by atoms with E-state index in [-0.39, 0.29) is 0 Å². The molecular weight excluding hydrogens is 280 g/mol. The fourth-order valence-corrected chi connectivity index (χ4v) is 2.59. The normalized spacial score (nSPS) is 10.3. The number of rotatable bonds is 4. The minimum Gasteiger partial charge on any atom is -0.457 e. The molecule has 0 aliphatic heterocycles. The highest BCUT2D eigenvalue weighted by Gasteiger charge is 2.00. The second kappa shape index (κ2) is 6.33. The van der Waals surface area contributed by atoms with Crippen LogP contribution < -0.4 is 10.5 Å². The van der Waals surface area contributed by atoms with Gasteiger partial charge < -0.3 is 10.5 Å². The lowest BCUT2D eigenvalue weighted by atomic mass is 10.3. The topological polar surface area (TPSA) is 48.1 Å². The van der Waals surface area contributed by atoms with Gasteiger partial charge in [-0.25, -0.2) is 0 Å². The lowest BCUT2D eigenvalue weighted by Gasteiger charge is -2.07. The van der Waals surface area contributed by atoms with E-state index in [4.69, 9.17) is 10.5 Å². The zero-order valence-electron chi connectivity index (χ0n) is 11.3. The Labute approximate surface area is 127 Å². The summed E-state index contributed by atoms with van der Waals surface area (Å²) >= 11 is 1.69. The standard InChI is InChI=1S/C17H14N2OS/c18-13-1-3-14(4-2-13)20-15-5-7-16(8-6-15)21-17-9-11-19-12-10-17/h1-12H,18H2. The lowest BCUT2D eigenvalue weighted by Crippen LogP contribution is -1.86. The minimum absolute atomic E-state index is 0.728. The number of nitrogen functional groups attached to an aromatic ring is 1. The second-order valence-electron chi connectivity index (χ2n) is 4.43. The molecule has 1 aromatic heterocycles. The largest absolute Gasteiger partial charge is 0.457 e. The Kier molecular flexibility index (Phi) is 4.07. The molecule has 0 aliphatic rings. The molecule has 3 rings (SSSR count). The summed E-state index contributed by atoms with van der Waals surface area (Å²) in [5, 5.41) is 0. The number of hydrogen-bond acceptors (Lipinski definition) is 4. The maximum atomic E-state index is 5.76. The molecule has 2 N–H and O–H groups in total. The Morgan fingerprint density at radius 2 is 1.24 bits per heavy atom. The molecule has 0 fully saturated rings. The van der Waals surface area contributed by atoms with E-state index < -0.39 is 0 Å². The van der Waals surface area contributed by atoms with Crippen LogP contribution in [-0.4, -0.2) is 4.98 Å². The van der Waals surface area contributed by atoms with E-state index in [1.54, 1.807) is 24.2 Å². The Morgan fingerprint density at radius 1 is 0.714 bits per heavy atom. The van der Waals surface area contributed by atoms with Crippen molar-refractivity contribution in [3.05, 3.63) is 73.1 Å². The van der Waals surface area contributed by atoms with Crippen molar-refractivity contribution in [2.45, 2.75) is 9.79 Å². The first-order valence-electron chi connectivity index (χ1n) is 6.51. The Bertz CT molecular complexity index is 697. The molecule has 0 aliphatic carbocycles. The summed E-state index contributed by atoms with van der Waals surface area (Å²) in [4.78, 5) is 6.33. The molecule has 0 saturated heterocycles. The summed E-state index contributed by atoms with van der Waals surface area (Å²) in [5.74, 6) is 1.58.